The Labute approximate surface area is 102 Å². The number of aryl methyl sites for hydroxylation is 1. The molecular formula is C12H21N3O2. The maximum atomic E-state index is 9.32. The molecule has 0 aromatic carbocycles. The van der Waals surface area contributed by atoms with E-state index >= 15 is 0 Å². The highest BCUT2D eigenvalue weighted by atomic mass is 16.5. The topological polar surface area (TPSA) is 62.4 Å². The normalized spacial score (nSPS) is 21.9. The van der Waals surface area contributed by atoms with Crippen molar-refractivity contribution in [2.24, 2.45) is 0 Å². The van der Waals surface area contributed by atoms with Gasteiger partial charge in [-0.05, 0) is 25.8 Å². The quantitative estimate of drug-likeness (QED) is 0.840. The molecule has 5 nitrogen and oxygen atoms in total. The number of nitrogens with zero attached hydrogens (tertiary/aromatic N) is 3. The number of likely N-dealkylation sites (tertiary alicyclic amines) is 1. The van der Waals surface area contributed by atoms with Crippen molar-refractivity contribution in [1.82, 2.24) is 15.0 Å². The van der Waals surface area contributed by atoms with Gasteiger partial charge in [-0.2, -0.15) is 4.98 Å². The Kier molecular flexibility index (Phi) is 4.50. The zero-order valence-electron chi connectivity index (χ0n) is 10.4. The minimum absolute atomic E-state index is 0.222. The number of aromatic nitrogens is 2. The first-order valence-corrected chi connectivity index (χ1v) is 6.50. The zero-order valence-corrected chi connectivity index (χ0v) is 10.4. The molecule has 0 radical (unpaired) electrons. The van der Waals surface area contributed by atoms with Crippen molar-refractivity contribution in [3.05, 3.63) is 11.7 Å². The summed E-state index contributed by atoms with van der Waals surface area (Å²) in [6.45, 7) is 4.03. The van der Waals surface area contributed by atoms with Gasteiger partial charge in [-0.1, -0.05) is 18.5 Å². The minimum Gasteiger partial charge on any atom is -0.395 e. The van der Waals surface area contributed by atoms with E-state index < -0.39 is 0 Å². The van der Waals surface area contributed by atoms with Crippen molar-refractivity contribution in [1.29, 1.82) is 0 Å². The highest BCUT2D eigenvalue weighted by molar-refractivity contribution is 4.88. The lowest BCUT2D eigenvalue weighted by Crippen LogP contribution is -2.41. The number of hydrogen-bond acceptors (Lipinski definition) is 5. The third-order valence-electron chi connectivity index (χ3n) is 3.28. The van der Waals surface area contributed by atoms with Crippen LogP contribution in [0.25, 0.3) is 0 Å². The molecule has 0 bridgehead atoms. The molecule has 1 aliphatic heterocycles. The summed E-state index contributed by atoms with van der Waals surface area (Å²) >= 11 is 0. The predicted octanol–water partition coefficient (Wildman–Crippen LogP) is 1.37. The van der Waals surface area contributed by atoms with E-state index in [1.165, 1.54) is 12.8 Å². The molecule has 17 heavy (non-hydrogen) atoms. The van der Waals surface area contributed by atoms with Crippen LogP contribution in [0, 0.1) is 0 Å². The summed E-state index contributed by atoms with van der Waals surface area (Å²) in [5, 5.41) is 13.3. The first-order valence-electron chi connectivity index (χ1n) is 6.50. The van der Waals surface area contributed by atoms with Crippen LogP contribution in [0.15, 0.2) is 4.52 Å². The molecule has 0 amide bonds. The van der Waals surface area contributed by atoms with E-state index in [9.17, 15) is 5.11 Å². The fourth-order valence-corrected chi connectivity index (χ4v) is 2.33. The second kappa shape index (κ2) is 6.12. The Morgan fingerprint density at radius 3 is 3.12 bits per heavy atom. The van der Waals surface area contributed by atoms with Gasteiger partial charge in [-0.3, -0.25) is 4.90 Å². The lowest BCUT2D eigenvalue weighted by atomic mass is 10.0. The van der Waals surface area contributed by atoms with Gasteiger partial charge in [0, 0.05) is 12.5 Å². The molecule has 1 aromatic heterocycles. The first kappa shape index (κ1) is 12.5. The van der Waals surface area contributed by atoms with E-state index in [2.05, 4.69) is 22.0 Å². The number of aliphatic hydroxyl groups is 1. The monoisotopic (exact) mass is 239 g/mol. The molecule has 5 heteroatoms. The predicted molar refractivity (Wildman–Crippen MR) is 63.4 cm³/mol. The van der Waals surface area contributed by atoms with Gasteiger partial charge in [-0.25, -0.2) is 0 Å². The number of hydrogen-bond donors (Lipinski definition) is 1. The average molecular weight is 239 g/mol. The van der Waals surface area contributed by atoms with Crippen LogP contribution in [0.2, 0.25) is 0 Å². The fourth-order valence-electron chi connectivity index (χ4n) is 2.33. The van der Waals surface area contributed by atoms with E-state index in [1.54, 1.807) is 0 Å². The van der Waals surface area contributed by atoms with Crippen LogP contribution in [0.4, 0.5) is 0 Å². The Bertz CT molecular complexity index is 340. The third kappa shape index (κ3) is 3.26. The molecule has 0 unspecified atom stereocenters. The van der Waals surface area contributed by atoms with Gasteiger partial charge in [0.2, 0.25) is 5.89 Å². The lowest BCUT2D eigenvalue weighted by Gasteiger charge is -2.33. The molecule has 0 saturated carbocycles. The van der Waals surface area contributed by atoms with Gasteiger partial charge in [0.1, 0.15) is 0 Å². The van der Waals surface area contributed by atoms with E-state index in [4.69, 9.17) is 4.52 Å². The van der Waals surface area contributed by atoms with Gasteiger partial charge in [-0.15, -0.1) is 0 Å². The standard InChI is InChI=1S/C12H21N3O2/c1-2-5-12-13-11(14-17-12)8-15-7-4-3-6-10(15)9-16/h10,16H,2-9H2,1H3/t10-/m1/s1. The molecule has 1 atom stereocenters. The molecule has 96 valence electrons. The van der Waals surface area contributed by atoms with Gasteiger partial charge < -0.3 is 9.63 Å². The van der Waals surface area contributed by atoms with Crippen LogP contribution in [0.3, 0.4) is 0 Å². The lowest BCUT2D eigenvalue weighted by molar-refractivity contribution is 0.0812. The van der Waals surface area contributed by atoms with E-state index in [1.807, 2.05) is 0 Å². The summed E-state index contributed by atoms with van der Waals surface area (Å²) < 4.78 is 5.17. The summed E-state index contributed by atoms with van der Waals surface area (Å²) in [4.78, 5) is 6.62. The summed E-state index contributed by atoms with van der Waals surface area (Å²) in [7, 11) is 0. The zero-order chi connectivity index (χ0) is 12.1. The van der Waals surface area contributed by atoms with Crippen LogP contribution in [-0.4, -0.2) is 39.3 Å². The molecule has 0 spiro atoms. The van der Waals surface area contributed by atoms with Gasteiger partial charge in [0.25, 0.3) is 0 Å². The molecule has 1 fully saturated rings. The highest BCUT2D eigenvalue weighted by Crippen LogP contribution is 2.18. The number of aliphatic hydroxyl groups excluding tert-OH is 1. The van der Waals surface area contributed by atoms with Crippen molar-refractivity contribution in [3.63, 3.8) is 0 Å². The average Bonchev–Trinajstić information content (AvgIpc) is 2.78. The summed E-state index contributed by atoms with van der Waals surface area (Å²) in [5.74, 6) is 1.47. The van der Waals surface area contributed by atoms with Crippen LogP contribution >= 0.6 is 0 Å². The minimum atomic E-state index is 0.222. The van der Waals surface area contributed by atoms with Crippen LogP contribution < -0.4 is 0 Å². The fraction of sp³-hybridized carbons (Fsp3) is 0.833. The molecule has 1 aromatic rings. The van der Waals surface area contributed by atoms with Crippen molar-refractivity contribution < 1.29 is 9.63 Å². The van der Waals surface area contributed by atoms with Crippen LogP contribution in [-0.2, 0) is 13.0 Å². The van der Waals surface area contributed by atoms with E-state index in [0.29, 0.717) is 6.54 Å². The van der Waals surface area contributed by atoms with Gasteiger partial charge in [0.15, 0.2) is 5.82 Å². The summed E-state index contributed by atoms with van der Waals surface area (Å²) in [6.07, 6.45) is 5.32. The highest BCUT2D eigenvalue weighted by Gasteiger charge is 2.23. The Morgan fingerprint density at radius 2 is 2.35 bits per heavy atom. The smallest absolute Gasteiger partial charge is 0.226 e. The van der Waals surface area contributed by atoms with Crippen LogP contribution in [0.5, 0.6) is 0 Å². The molecule has 1 N–H and O–H groups in total. The molecule has 1 aliphatic rings. The second-order valence-corrected chi connectivity index (χ2v) is 4.66. The Hall–Kier alpha value is -0.940. The van der Waals surface area contributed by atoms with Gasteiger partial charge in [0.05, 0.1) is 13.2 Å². The Morgan fingerprint density at radius 1 is 1.47 bits per heavy atom. The molecule has 0 aliphatic carbocycles. The number of piperidine rings is 1. The largest absolute Gasteiger partial charge is 0.395 e. The maximum absolute atomic E-state index is 9.32. The third-order valence-corrected chi connectivity index (χ3v) is 3.28. The van der Waals surface area contributed by atoms with Crippen molar-refractivity contribution in [3.8, 4) is 0 Å². The van der Waals surface area contributed by atoms with Crippen molar-refractivity contribution >= 4 is 0 Å². The van der Waals surface area contributed by atoms with Gasteiger partial charge >= 0.3 is 0 Å². The summed E-state index contributed by atoms with van der Waals surface area (Å²) in [6, 6.07) is 0.261. The molecular weight excluding hydrogens is 218 g/mol. The van der Waals surface area contributed by atoms with Crippen molar-refractivity contribution in [2.45, 2.75) is 51.6 Å². The van der Waals surface area contributed by atoms with Crippen molar-refractivity contribution in [2.75, 3.05) is 13.2 Å². The van der Waals surface area contributed by atoms with E-state index in [-0.39, 0.29) is 12.6 Å². The Balaban J connectivity index is 1.93. The maximum Gasteiger partial charge on any atom is 0.226 e. The van der Waals surface area contributed by atoms with E-state index in [0.717, 1.165) is 37.5 Å². The number of rotatable bonds is 5. The second-order valence-electron chi connectivity index (χ2n) is 4.66. The molecule has 2 rings (SSSR count). The molecule has 1 saturated heterocycles. The first-order chi connectivity index (χ1) is 8.33. The SMILES string of the molecule is CCCc1nc(CN2CCCC[C@@H]2CO)no1. The molecule has 2 heterocycles. The summed E-state index contributed by atoms with van der Waals surface area (Å²) in [5.41, 5.74) is 0. The van der Waals surface area contributed by atoms with Crippen LogP contribution in [0.1, 0.15) is 44.3 Å².